The number of benzene rings is 2. The number of amides is 1. The van der Waals surface area contributed by atoms with E-state index in [1.54, 1.807) is 0 Å². The van der Waals surface area contributed by atoms with E-state index in [1.165, 1.54) is 0 Å². The average Bonchev–Trinajstić information content (AvgIpc) is 2.82. The molecule has 1 amide bonds. The predicted molar refractivity (Wildman–Crippen MR) is 120 cm³/mol. The van der Waals surface area contributed by atoms with Gasteiger partial charge in [-0.25, -0.2) is 16.8 Å². The van der Waals surface area contributed by atoms with Crippen LogP contribution in [0.4, 0.5) is 55.3 Å². The van der Waals surface area contributed by atoms with E-state index in [4.69, 9.17) is 11.6 Å². The second-order valence-electron chi connectivity index (χ2n) is 7.41. The quantitative estimate of drug-likeness (QED) is 0.150. The van der Waals surface area contributed by atoms with Crippen LogP contribution in [0.5, 0.6) is 0 Å². The van der Waals surface area contributed by atoms with Gasteiger partial charge in [0.15, 0.2) is 0 Å². The lowest BCUT2D eigenvalue weighted by Gasteiger charge is -2.27. The number of alkyl halides is 10. The first-order chi connectivity index (χ1) is 18.3. The van der Waals surface area contributed by atoms with Gasteiger partial charge >= 0.3 is 22.9 Å². The molecule has 2 rings (SSSR count). The lowest BCUT2D eigenvalue weighted by atomic mass is 10.3. The summed E-state index contributed by atoms with van der Waals surface area (Å²) < 4.78 is 177. The summed E-state index contributed by atoms with van der Waals surface area (Å²) in [5.74, 6) is -9.22. The average molecular weight is 687 g/mol. The van der Waals surface area contributed by atoms with Crippen LogP contribution in [0, 0.1) is 10.1 Å². The number of halogens is 11. The molecule has 0 aliphatic rings. The number of nitro groups is 1. The number of sulfone groups is 2. The van der Waals surface area contributed by atoms with Crippen molar-refractivity contribution in [3.63, 3.8) is 0 Å². The smallest absolute Gasteiger partial charge is 0.324 e. The van der Waals surface area contributed by atoms with Gasteiger partial charge in [0.25, 0.3) is 25.4 Å². The van der Waals surface area contributed by atoms with Gasteiger partial charge < -0.3 is 5.32 Å². The lowest BCUT2D eigenvalue weighted by molar-refractivity contribution is -0.388. The van der Waals surface area contributed by atoms with Crippen LogP contribution in [0.1, 0.15) is 0 Å². The Morgan fingerprint density at radius 1 is 0.878 bits per heavy atom. The van der Waals surface area contributed by atoms with E-state index in [9.17, 15) is 75.6 Å². The first-order valence-electron chi connectivity index (χ1n) is 9.68. The summed E-state index contributed by atoms with van der Waals surface area (Å²) in [5.41, 5.74) is -7.80. The first kappa shape index (κ1) is 34.4. The van der Waals surface area contributed by atoms with Crippen LogP contribution in [0.15, 0.2) is 51.1 Å². The minimum Gasteiger partial charge on any atom is -0.324 e. The maximum atomic E-state index is 13.9. The molecule has 41 heavy (non-hydrogen) atoms. The summed E-state index contributed by atoms with van der Waals surface area (Å²) >= 11 is 5.87. The number of anilines is 1. The van der Waals surface area contributed by atoms with Crippen LogP contribution in [0.2, 0.25) is 5.02 Å². The van der Waals surface area contributed by atoms with Crippen molar-refractivity contribution in [3.8, 4) is 0 Å². The summed E-state index contributed by atoms with van der Waals surface area (Å²) in [5, 5.41) is 5.96. The van der Waals surface area contributed by atoms with Gasteiger partial charge in [0.05, 0.1) is 36.1 Å². The van der Waals surface area contributed by atoms with Crippen LogP contribution in [0.25, 0.3) is 0 Å². The summed E-state index contributed by atoms with van der Waals surface area (Å²) in [4.78, 5) is 18.1. The number of hydrogen-bond donors (Lipinski definition) is 1. The zero-order chi connectivity index (χ0) is 32.0. The van der Waals surface area contributed by atoms with Crippen molar-refractivity contribution in [1.29, 1.82) is 0 Å². The first-order valence-corrected chi connectivity index (χ1v) is 14.0. The Morgan fingerprint density at radius 2 is 1.39 bits per heavy atom. The van der Waals surface area contributed by atoms with E-state index in [-0.39, 0.29) is 23.9 Å². The molecule has 0 aliphatic carbocycles. The van der Waals surface area contributed by atoms with Crippen LogP contribution < -0.4 is 5.32 Å². The van der Waals surface area contributed by atoms with Crippen LogP contribution in [0.3, 0.4) is 0 Å². The molecule has 228 valence electrons. The normalized spacial score (nSPS) is 13.6. The maximum Gasteiger partial charge on any atom is 0.501 e. The third-order valence-electron chi connectivity index (χ3n) is 4.68. The predicted octanol–water partition coefficient (Wildman–Crippen LogP) is 5.84. The van der Waals surface area contributed by atoms with Gasteiger partial charge in [0.1, 0.15) is 0 Å². The number of thioether (sulfide) groups is 1. The Bertz CT molecular complexity index is 1590. The highest BCUT2D eigenvalue weighted by Gasteiger charge is 2.78. The number of carbonyl (C=O) groups excluding carboxylic acids is 1. The molecule has 2 aromatic rings. The Hall–Kier alpha value is -2.85. The Labute approximate surface area is 230 Å². The van der Waals surface area contributed by atoms with Crippen LogP contribution in [-0.4, -0.2) is 56.3 Å². The van der Waals surface area contributed by atoms with Gasteiger partial charge in [-0.3, -0.25) is 14.9 Å². The van der Waals surface area contributed by atoms with Crippen molar-refractivity contribution < 1.29 is 70.5 Å². The zero-order valence-electron chi connectivity index (χ0n) is 18.9. The van der Waals surface area contributed by atoms with Crippen molar-refractivity contribution in [2.45, 2.75) is 37.5 Å². The largest absolute Gasteiger partial charge is 0.501 e. The highest BCUT2D eigenvalue weighted by atomic mass is 35.5. The number of nitro benzene ring substituents is 1. The lowest BCUT2D eigenvalue weighted by Crippen LogP contribution is -2.55. The fraction of sp³-hybridized carbons (Fsp3) is 0.278. The van der Waals surface area contributed by atoms with E-state index in [0.29, 0.717) is 24.3 Å². The summed E-state index contributed by atoms with van der Waals surface area (Å²) in [7, 11) is -12.8. The molecule has 0 saturated carbocycles. The molecule has 0 radical (unpaired) electrons. The molecule has 0 saturated heterocycles. The SMILES string of the molecule is O=C(CSc1ccc(S(=O)(=O)C(F)(F)C(F)(F)C(F)(F)F)cc1[N+](=O)[O-])Nc1cc(S(=O)(=O)C(F)(F)F)ccc1Cl. The summed E-state index contributed by atoms with van der Waals surface area (Å²) in [6.07, 6.45) is -7.03. The molecule has 0 unspecified atom stereocenters. The second kappa shape index (κ2) is 11.1. The molecule has 0 aliphatic heterocycles. The van der Waals surface area contributed by atoms with E-state index < -0.39 is 90.2 Å². The molecular formula is C18H9ClF10N2O7S3. The highest BCUT2D eigenvalue weighted by Crippen LogP contribution is 2.51. The van der Waals surface area contributed by atoms with E-state index in [2.05, 4.69) is 0 Å². The standard InChI is InChI=1S/C18H9ClF10N2O7S3/c19-10-3-1-8(41(37,38)18(27,28)29)5-11(10)30-14(32)7-39-13-4-2-9(6-12(13)31(33)34)40(35,36)17(25,26)15(20,21)16(22,23)24/h1-6H,7H2,(H,30,32). The topological polar surface area (TPSA) is 141 Å². The second-order valence-corrected chi connectivity index (χ2v) is 12.8. The fourth-order valence-corrected chi connectivity index (χ4v) is 5.66. The minimum absolute atomic E-state index is 0.0330. The molecule has 0 bridgehead atoms. The summed E-state index contributed by atoms with van der Waals surface area (Å²) in [6.45, 7) is 0. The molecule has 0 spiro atoms. The van der Waals surface area contributed by atoms with E-state index in [1.807, 2.05) is 5.32 Å². The van der Waals surface area contributed by atoms with Gasteiger partial charge in [-0.2, -0.15) is 43.9 Å². The van der Waals surface area contributed by atoms with E-state index >= 15 is 0 Å². The highest BCUT2D eigenvalue weighted by molar-refractivity contribution is 8.00. The third-order valence-corrected chi connectivity index (χ3v) is 9.36. The van der Waals surface area contributed by atoms with Gasteiger partial charge in [-0.05, 0) is 30.3 Å². The maximum absolute atomic E-state index is 13.9. The number of carbonyl (C=O) groups is 1. The van der Waals surface area contributed by atoms with Crippen molar-refractivity contribution in [3.05, 3.63) is 51.5 Å². The Morgan fingerprint density at radius 3 is 1.88 bits per heavy atom. The Balaban J connectivity index is 2.35. The van der Waals surface area contributed by atoms with Crippen molar-refractivity contribution >= 4 is 60.3 Å². The molecule has 0 atom stereocenters. The number of nitrogens with one attached hydrogen (secondary N) is 1. The number of nitrogens with zero attached hydrogens (tertiary/aromatic N) is 1. The Kier molecular flexibility index (Phi) is 9.30. The van der Waals surface area contributed by atoms with Crippen molar-refractivity contribution in [1.82, 2.24) is 0 Å². The molecule has 1 N–H and O–H groups in total. The van der Waals surface area contributed by atoms with E-state index in [0.717, 1.165) is 0 Å². The number of hydrogen-bond acceptors (Lipinski definition) is 8. The van der Waals surface area contributed by atoms with Crippen LogP contribution in [-0.2, 0) is 24.5 Å². The number of rotatable bonds is 9. The van der Waals surface area contributed by atoms with Crippen LogP contribution >= 0.6 is 23.4 Å². The molecule has 23 heteroatoms. The molecular weight excluding hydrogens is 678 g/mol. The minimum atomic E-state index is -7.10. The third kappa shape index (κ3) is 6.48. The zero-order valence-corrected chi connectivity index (χ0v) is 22.1. The molecule has 0 heterocycles. The van der Waals surface area contributed by atoms with Gasteiger partial charge in [0.2, 0.25) is 5.91 Å². The molecule has 2 aromatic carbocycles. The fourth-order valence-electron chi connectivity index (χ4n) is 2.64. The van der Waals surface area contributed by atoms with Gasteiger partial charge in [0, 0.05) is 6.07 Å². The molecule has 0 aromatic heterocycles. The molecule has 9 nitrogen and oxygen atoms in total. The van der Waals surface area contributed by atoms with Gasteiger partial charge in [-0.1, -0.05) is 11.6 Å². The summed E-state index contributed by atoms with van der Waals surface area (Å²) in [6, 6.07) is 1.62. The van der Waals surface area contributed by atoms with Gasteiger partial charge in [-0.15, -0.1) is 11.8 Å². The molecule has 0 fully saturated rings. The van der Waals surface area contributed by atoms with Crippen molar-refractivity contribution in [2.75, 3.05) is 11.1 Å². The van der Waals surface area contributed by atoms with Crippen molar-refractivity contribution in [2.24, 2.45) is 0 Å². The monoisotopic (exact) mass is 686 g/mol.